The molecule has 0 aromatic carbocycles. The zero-order chi connectivity index (χ0) is 15.8. The van der Waals surface area contributed by atoms with Crippen molar-refractivity contribution in [3.05, 3.63) is 21.3 Å². The van der Waals surface area contributed by atoms with Crippen LogP contribution >= 0.6 is 22.9 Å². The van der Waals surface area contributed by atoms with E-state index in [2.05, 4.69) is 24.8 Å². The molecule has 3 unspecified atom stereocenters. The van der Waals surface area contributed by atoms with Crippen molar-refractivity contribution in [2.75, 3.05) is 34.0 Å². The van der Waals surface area contributed by atoms with Crippen LogP contribution in [0.4, 0.5) is 0 Å². The number of hydrogen-bond donors (Lipinski definition) is 1. The highest BCUT2D eigenvalue weighted by molar-refractivity contribution is 7.16. The van der Waals surface area contributed by atoms with E-state index in [1.165, 1.54) is 4.88 Å². The van der Waals surface area contributed by atoms with Crippen molar-refractivity contribution in [2.45, 2.75) is 38.4 Å². The van der Waals surface area contributed by atoms with Crippen LogP contribution in [0, 0.1) is 0 Å². The van der Waals surface area contributed by atoms with Crippen molar-refractivity contribution in [3.8, 4) is 0 Å². The molecule has 6 heteroatoms. The number of ether oxygens (including phenoxy) is 2. The second-order valence-electron chi connectivity index (χ2n) is 5.19. The van der Waals surface area contributed by atoms with E-state index in [9.17, 15) is 0 Å². The zero-order valence-electron chi connectivity index (χ0n) is 13.3. The summed E-state index contributed by atoms with van der Waals surface area (Å²) in [6.45, 7) is 6.41. The Balaban J connectivity index is 3.03. The molecule has 1 rings (SSSR count). The summed E-state index contributed by atoms with van der Waals surface area (Å²) < 4.78 is 11.4. The summed E-state index contributed by atoms with van der Waals surface area (Å²) in [7, 11) is 3.44. The number of nitrogens with zero attached hydrogens (tertiary/aromatic N) is 1. The standard InChI is InChI=1S/C15H27ClN2O2S/c1-5-12(17)15(13-6-7-14(16)21-13)18(8-9-19-3)11(2)10-20-4/h6-7,11-12,15H,5,8-10,17H2,1-4H3. The molecule has 0 fully saturated rings. The van der Waals surface area contributed by atoms with Gasteiger partial charge in [0.15, 0.2) is 0 Å². The quantitative estimate of drug-likeness (QED) is 0.714. The maximum atomic E-state index is 6.41. The monoisotopic (exact) mass is 334 g/mol. The number of rotatable bonds is 10. The van der Waals surface area contributed by atoms with E-state index in [0.717, 1.165) is 17.3 Å². The van der Waals surface area contributed by atoms with E-state index in [1.807, 2.05) is 6.07 Å². The van der Waals surface area contributed by atoms with Crippen LogP contribution in [0.25, 0.3) is 0 Å². The Labute approximate surface area is 137 Å². The molecule has 1 aromatic rings. The molecule has 21 heavy (non-hydrogen) atoms. The fourth-order valence-electron chi connectivity index (χ4n) is 2.50. The van der Waals surface area contributed by atoms with Gasteiger partial charge in [-0.3, -0.25) is 4.90 Å². The summed E-state index contributed by atoms with van der Waals surface area (Å²) in [6, 6.07) is 4.45. The van der Waals surface area contributed by atoms with E-state index in [4.69, 9.17) is 26.8 Å². The van der Waals surface area contributed by atoms with E-state index in [0.29, 0.717) is 13.2 Å². The summed E-state index contributed by atoms with van der Waals surface area (Å²) in [5.74, 6) is 0. The van der Waals surface area contributed by atoms with Gasteiger partial charge in [-0.15, -0.1) is 11.3 Å². The molecule has 122 valence electrons. The average Bonchev–Trinajstić information content (AvgIpc) is 2.88. The molecule has 0 amide bonds. The number of hydrogen-bond acceptors (Lipinski definition) is 5. The molecule has 3 atom stereocenters. The summed E-state index contributed by atoms with van der Waals surface area (Å²) >= 11 is 7.71. The van der Waals surface area contributed by atoms with Crippen LogP contribution < -0.4 is 5.73 Å². The molecule has 1 heterocycles. The molecule has 0 aliphatic heterocycles. The summed E-state index contributed by atoms with van der Waals surface area (Å²) in [4.78, 5) is 3.57. The Morgan fingerprint density at radius 2 is 2.05 bits per heavy atom. The Bertz CT molecular complexity index is 403. The fourth-order valence-corrected chi connectivity index (χ4v) is 3.76. The van der Waals surface area contributed by atoms with Crippen LogP contribution in [0.2, 0.25) is 4.34 Å². The van der Waals surface area contributed by atoms with E-state index in [-0.39, 0.29) is 18.1 Å². The molecule has 0 saturated heterocycles. The van der Waals surface area contributed by atoms with Gasteiger partial charge in [0.2, 0.25) is 0 Å². The van der Waals surface area contributed by atoms with Crippen molar-refractivity contribution >= 4 is 22.9 Å². The average molecular weight is 335 g/mol. The first-order valence-corrected chi connectivity index (χ1v) is 8.49. The fraction of sp³-hybridized carbons (Fsp3) is 0.733. The molecule has 0 bridgehead atoms. The third kappa shape index (κ3) is 5.51. The lowest BCUT2D eigenvalue weighted by Crippen LogP contribution is -2.47. The Morgan fingerprint density at radius 3 is 2.52 bits per heavy atom. The molecule has 2 N–H and O–H groups in total. The molecular weight excluding hydrogens is 308 g/mol. The predicted molar refractivity (Wildman–Crippen MR) is 90.3 cm³/mol. The SMILES string of the molecule is CCC(N)C(c1ccc(Cl)s1)N(CCOC)C(C)COC. The van der Waals surface area contributed by atoms with Gasteiger partial charge in [0.05, 0.1) is 23.6 Å². The molecule has 0 saturated carbocycles. The first kappa shape index (κ1) is 18.9. The van der Waals surface area contributed by atoms with Crippen LogP contribution in [-0.4, -0.2) is 51.0 Å². The zero-order valence-corrected chi connectivity index (χ0v) is 14.9. The maximum absolute atomic E-state index is 6.41. The number of methoxy groups -OCH3 is 2. The second-order valence-corrected chi connectivity index (χ2v) is 6.94. The number of thiophene rings is 1. The van der Waals surface area contributed by atoms with Gasteiger partial charge in [-0.05, 0) is 25.5 Å². The van der Waals surface area contributed by atoms with Crippen molar-refractivity contribution in [1.29, 1.82) is 0 Å². The number of halogens is 1. The third-order valence-electron chi connectivity index (χ3n) is 3.65. The number of nitrogens with two attached hydrogens (primary N) is 1. The van der Waals surface area contributed by atoms with Crippen LogP contribution in [0.15, 0.2) is 12.1 Å². The topological polar surface area (TPSA) is 47.7 Å². The van der Waals surface area contributed by atoms with Crippen molar-refractivity contribution < 1.29 is 9.47 Å². The van der Waals surface area contributed by atoms with E-state index in [1.54, 1.807) is 25.6 Å². The minimum Gasteiger partial charge on any atom is -0.383 e. The molecular formula is C15H27ClN2O2S. The minimum absolute atomic E-state index is 0.0517. The molecule has 0 radical (unpaired) electrons. The van der Waals surface area contributed by atoms with Gasteiger partial charge < -0.3 is 15.2 Å². The molecule has 1 aromatic heterocycles. The van der Waals surface area contributed by atoms with Gasteiger partial charge in [-0.2, -0.15) is 0 Å². The van der Waals surface area contributed by atoms with Gasteiger partial charge in [0, 0.05) is 37.7 Å². The van der Waals surface area contributed by atoms with Gasteiger partial charge in [0.25, 0.3) is 0 Å². The summed E-state index contributed by atoms with van der Waals surface area (Å²) in [6.07, 6.45) is 0.906. The first-order valence-electron chi connectivity index (χ1n) is 7.29. The van der Waals surface area contributed by atoms with Crippen LogP contribution in [0.3, 0.4) is 0 Å². The molecule has 0 spiro atoms. The smallest absolute Gasteiger partial charge is 0.0931 e. The first-order chi connectivity index (χ1) is 10.0. The second kappa shape index (κ2) is 9.77. The van der Waals surface area contributed by atoms with E-state index >= 15 is 0 Å². The van der Waals surface area contributed by atoms with Crippen molar-refractivity contribution in [2.24, 2.45) is 5.73 Å². The van der Waals surface area contributed by atoms with Crippen LogP contribution in [-0.2, 0) is 9.47 Å². The largest absolute Gasteiger partial charge is 0.383 e. The highest BCUT2D eigenvalue weighted by atomic mass is 35.5. The Hall–Kier alpha value is -0.170. The summed E-state index contributed by atoms with van der Waals surface area (Å²) in [5, 5.41) is 0. The van der Waals surface area contributed by atoms with E-state index < -0.39 is 0 Å². The molecule has 4 nitrogen and oxygen atoms in total. The highest BCUT2D eigenvalue weighted by Crippen LogP contribution is 2.34. The minimum atomic E-state index is 0.0517. The molecule has 0 aliphatic carbocycles. The lowest BCUT2D eigenvalue weighted by Gasteiger charge is -2.38. The van der Waals surface area contributed by atoms with Gasteiger partial charge in [-0.25, -0.2) is 0 Å². The highest BCUT2D eigenvalue weighted by Gasteiger charge is 2.30. The van der Waals surface area contributed by atoms with Crippen molar-refractivity contribution in [3.63, 3.8) is 0 Å². The van der Waals surface area contributed by atoms with Crippen LogP contribution in [0.5, 0.6) is 0 Å². The third-order valence-corrected chi connectivity index (χ3v) is 4.95. The Kier molecular flexibility index (Phi) is 8.78. The lowest BCUT2D eigenvalue weighted by atomic mass is 10.0. The normalized spacial score (nSPS) is 16.1. The van der Waals surface area contributed by atoms with Crippen molar-refractivity contribution in [1.82, 2.24) is 4.90 Å². The molecule has 0 aliphatic rings. The van der Waals surface area contributed by atoms with Gasteiger partial charge in [0.1, 0.15) is 0 Å². The predicted octanol–water partition coefficient (Wildman–Crippen LogP) is 3.16. The Morgan fingerprint density at radius 1 is 1.33 bits per heavy atom. The van der Waals surface area contributed by atoms with Gasteiger partial charge in [-0.1, -0.05) is 18.5 Å². The lowest BCUT2D eigenvalue weighted by molar-refractivity contribution is 0.0389. The maximum Gasteiger partial charge on any atom is 0.0931 e. The van der Waals surface area contributed by atoms with Gasteiger partial charge >= 0.3 is 0 Å². The van der Waals surface area contributed by atoms with Crippen LogP contribution in [0.1, 0.15) is 31.2 Å². The summed E-state index contributed by atoms with van der Waals surface area (Å²) in [5.41, 5.74) is 6.41.